The Kier molecular flexibility index (Phi) is 5.12. The third kappa shape index (κ3) is 3.63. The third-order valence-corrected chi connectivity index (χ3v) is 5.27. The number of para-hydroxylation sites is 1. The second kappa shape index (κ2) is 7.87. The van der Waals surface area contributed by atoms with E-state index in [2.05, 4.69) is 15.3 Å². The number of amides is 1. The van der Waals surface area contributed by atoms with Crippen molar-refractivity contribution >= 4 is 34.3 Å². The SMILES string of the molecule is COC(=O)c1ccc(C)c(NC(=O)[C@@H]2CCCN2c2ncnc3ccccc23)c1. The van der Waals surface area contributed by atoms with E-state index in [1.807, 2.05) is 36.1 Å². The number of methoxy groups -OCH3 is 1. The average Bonchev–Trinajstić information content (AvgIpc) is 3.24. The summed E-state index contributed by atoms with van der Waals surface area (Å²) in [5.74, 6) is 0.221. The van der Waals surface area contributed by atoms with Crippen molar-refractivity contribution in [2.45, 2.75) is 25.8 Å². The molecule has 1 aliphatic rings. The monoisotopic (exact) mass is 390 g/mol. The number of benzene rings is 2. The standard InChI is InChI=1S/C22H22N4O3/c1-14-9-10-15(22(28)29-2)12-18(14)25-21(27)19-8-5-11-26(19)20-16-6-3-4-7-17(16)23-13-24-20/h3-4,6-7,9-10,12-13,19H,5,8,11H2,1-2H3,(H,25,27)/t19-/m0/s1. The summed E-state index contributed by atoms with van der Waals surface area (Å²) in [6, 6.07) is 12.6. The zero-order valence-electron chi connectivity index (χ0n) is 16.4. The Balaban J connectivity index is 1.61. The molecule has 0 radical (unpaired) electrons. The smallest absolute Gasteiger partial charge is 0.337 e. The fourth-order valence-corrected chi connectivity index (χ4v) is 3.73. The number of carbonyl (C=O) groups excluding carboxylic acids is 2. The minimum absolute atomic E-state index is 0.115. The molecule has 4 rings (SSSR count). The van der Waals surface area contributed by atoms with Crippen molar-refractivity contribution in [1.82, 2.24) is 9.97 Å². The summed E-state index contributed by atoms with van der Waals surface area (Å²) in [7, 11) is 1.34. The molecule has 1 N–H and O–H groups in total. The van der Waals surface area contributed by atoms with Crippen LogP contribution in [0.2, 0.25) is 0 Å². The molecule has 1 saturated heterocycles. The molecule has 148 valence electrons. The van der Waals surface area contributed by atoms with Crippen molar-refractivity contribution in [2.24, 2.45) is 0 Å². The molecule has 0 unspecified atom stereocenters. The molecule has 1 atom stereocenters. The summed E-state index contributed by atoms with van der Waals surface area (Å²) < 4.78 is 4.78. The van der Waals surface area contributed by atoms with Crippen molar-refractivity contribution < 1.29 is 14.3 Å². The van der Waals surface area contributed by atoms with E-state index in [4.69, 9.17) is 4.74 Å². The third-order valence-electron chi connectivity index (χ3n) is 5.27. The predicted molar refractivity (Wildman–Crippen MR) is 111 cm³/mol. The van der Waals surface area contributed by atoms with E-state index in [9.17, 15) is 9.59 Å². The van der Waals surface area contributed by atoms with Crippen LogP contribution >= 0.6 is 0 Å². The molecule has 2 aromatic carbocycles. The summed E-state index contributed by atoms with van der Waals surface area (Å²) >= 11 is 0. The number of carbonyl (C=O) groups is 2. The molecular formula is C22H22N4O3. The molecule has 1 amide bonds. The number of nitrogens with one attached hydrogen (secondary N) is 1. The molecule has 0 aliphatic carbocycles. The molecule has 29 heavy (non-hydrogen) atoms. The number of fused-ring (bicyclic) bond motifs is 1. The van der Waals surface area contributed by atoms with Gasteiger partial charge in [-0.25, -0.2) is 14.8 Å². The van der Waals surface area contributed by atoms with Crippen molar-refractivity contribution in [3.63, 3.8) is 0 Å². The lowest BCUT2D eigenvalue weighted by atomic mass is 10.1. The molecule has 0 bridgehead atoms. The average molecular weight is 390 g/mol. The number of rotatable bonds is 4. The van der Waals surface area contributed by atoms with Gasteiger partial charge in [0.2, 0.25) is 5.91 Å². The Hall–Kier alpha value is -3.48. The molecule has 7 nitrogen and oxygen atoms in total. The summed E-state index contributed by atoms with van der Waals surface area (Å²) in [6.07, 6.45) is 3.17. The van der Waals surface area contributed by atoms with Crippen molar-refractivity contribution in [3.8, 4) is 0 Å². The maximum Gasteiger partial charge on any atom is 0.337 e. The molecule has 1 fully saturated rings. The van der Waals surface area contributed by atoms with E-state index >= 15 is 0 Å². The van der Waals surface area contributed by atoms with Crippen molar-refractivity contribution in [2.75, 3.05) is 23.9 Å². The van der Waals surface area contributed by atoms with Gasteiger partial charge in [-0.05, 0) is 49.6 Å². The van der Waals surface area contributed by atoms with E-state index < -0.39 is 5.97 Å². The highest BCUT2D eigenvalue weighted by molar-refractivity contribution is 6.00. The fraction of sp³-hybridized carbons (Fsp3) is 0.273. The van der Waals surface area contributed by atoms with Gasteiger partial charge in [-0.2, -0.15) is 0 Å². The highest BCUT2D eigenvalue weighted by Crippen LogP contribution is 2.30. The largest absolute Gasteiger partial charge is 0.465 e. The van der Waals surface area contributed by atoms with Crippen LogP contribution in [-0.4, -0.2) is 41.5 Å². The number of aromatic nitrogens is 2. The molecule has 1 aliphatic heterocycles. The van der Waals surface area contributed by atoms with Gasteiger partial charge in [-0.1, -0.05) is 18.2 Å². The van der Waals surface area contributed by atoms with Crippen LogP contribution in [0, 0.1) is 6.92 Å². The van der Waals surface area contributed by atoms with Crippen LogP contribution in [0.3, 0.4) is 0 Å². The predicted octanol–water partition coefficient (Wildman–Crippen LogP) is 3.33. The quantitative estimate of drug-likeness (QED) is 0.688. The van der Waals surface area contributed by atoms with Crippen LogP contribution in [0.5, 0.6) is 0 Å². The van der Waals surface area contributed by atoms with Crippen molar-refractivity contribution in [3.05, 3.63) is 59.9 Å². The number of hydrogen-bond acceptors (Lipinski definition) is 6. The summed E-state index contributed by atoms with van der Waals surface area (Å²) in [4.78, 5) is 35.8. The Morgan fingerprint density at radius 3 is 2.83 bits per heavy atom. The van der Waals surface area contributed by atoms with Gasteiger partial charge in [-0.15, -0.1) is 0 Å². The maximum atomic E-state index is 13.1. The van der Waals surface area contributed by atoms with Crippen LogP contribution in [0.1, 0.15) is 28.8 Å². The lowest BCUT2D eigenvalue weighted by Crippen LogP contribution is -2.40. The summed E-state index contributed by atoms with van der Waals surface area (Å²) in [5.41, 5.74) is 2.74. The van der Waals surface area contributed by atoms with Crippen LogP contribution in [0.4, 0.5) is 11.5 Å². The number of nitrogens with zero attached hydrogens (tertiary/aromatic N) is 3. The summed E-state index contributed by atoms with van der Waals surface area (Å²) in [6.45, 7) is 2.64. The first kappa shape index (κ1) is 18.9. The van der Waals surface area contributed by atoms with Gasteiger partial charge < -0.3 is 15.0 Å². The zero-order chi connectivity index (χ0) is 20.4. The second-order valence-electron chi connectivity index (χ2n) is 7.08. The van der Waals surface area contributed by atoms with Crippen LogP contribution < -0.4 is 10.2 Å². The normalized spacial score (nSPS) is 16.1. The molecule has 2 heterocycles. The molecule has 0 spiro atoms. The first-order valence-corrected chi connectivity index (χ1v) is 9.54. The maximum absolute atomic E-state index is 13.1. The van der Waals surface area contributed by atoms with Gasteiger partial charge in [0.1, 0.15) is 18.2 Å². The molecule has 0 saturated carbocycles. The highest BCUT2D eigenvalue weighted by Gasteiger charge is 2.33. The Labute approximate surface area is 168 Å². The van der Waals surface area contributed by atoms with Crippen LogP contribution in [0.15, 0.2) is 48.8 Å². The van der Waals surface area contributed by atoms with E-state index in [1.54, 1.807) is 18.2 Å². The van der Waals surface area contributed by atoms with Gasteiger partial charge >= 0.3 is 5.97 Å². The Bertz CT molecular complexity index is 1080. The number of ether oxygens (including phenoxy) is 1. The van der Waals surface area contributed by atoms with E-state index in [0.717, 1.165) is 41.7 Å². The van der Waals surface area contributed by atoms with Gasteiger partial charge in [-0.3, -0.25) is 4.79 Å². The van der Waals surface area contributed by atoms with Gasteiger partial charge in [0.15, 0.2) is 0 Å². The second-order valence-corrected chi connectivity index (χ2v) is 7.08. The van der Waals surface area contributed by atoms with Crippen LogP contribution in [-0.2, 0) is 9.53 Å². The zero-order valence-corrected chi connectivity index (χ0v) is 16.4. The lowest BCUT2D eigenvalue weighted by Gasteiger charge is -2.26. The molecule has 7 heteroatoms. The number of aryl methyl sites for hydroxylation is 1. The minimum atomic E-state index is -0.435. The van der Waals surface area contributed by atoms with Gasteiger partial charge in [0, 0.05) is 17.6 Å². The van der Waals surface area contributed by atoms with Gasteiger partial charge in [0.05, 0.1) is 18.2 Å². The Morgan fingerprint density at radius 2 is 2.00 bits per heavy atom. The minimum Gasteiger partial charge on any atom is -0.465 e. The molecule has 3 aromatic rings. The summed E-state index contributed by atoms with van der Waals surface area (Å²) in [5, 5.41) is 3.92. The van der Waals surface area contributed by atoms with E-state index in [-0.39, 0.29) is 11.9 Å². The number of hydrogen-bond donors (Lipinski definition) is 1. The Morgan fingerprint density at radius 1 is 1.17 bits per heavy atom. The van der Waals surface area contributed by atoms with E-state index in [0.29, 0.717) is 11.3 Å². The first-order valence-electron chi connectivity index (χ1n) is 9.54. The lowest BCUT2D eigenvalue weighted by molar-refractivity contribution is -0.117. The topological polar surface area (TPSA) is 84.4 Å². The molecular weight excluding hydrogens is 368 g/mol. The highest BCUT2D eigenvalue weighted by atomic mass is 16.5. The van der Waals surface area contributed by atoms with Crippen molar-refractivity contribution in [1.29, 1.82) is 0 Å². The van der Waals surface area contributed by atoms with Gasteiger partial charge in [0.25, 0.3) is 0 Å². The number of esters is 1. The van der Waals surface area contributed by atoms with Crippen LogP contribution in [0.25, 0.3) is 10.9 Å². The fourth-order valence-electron chi connectivity index (χ4n) is 3.73. The molecule has 1 aromatic heterocycles. The first-order chi connectivity index (χ1) is 14.1. The van der Waals surface area contributed by atoms with E-state index in [1.165, 1.54) is 13.4 Å². The number of anilines is 2.